The van der Waals surface area contributed by atoms with Crippen molar-refractivity contribution in [2.24, 2.45) is 7.05 Å². The van der Waals surface area contributed by atoms with E-state index >= 15 is 0 Å². The van der Waals surface area contributed by atoms with E-state index in [0.29, 0.717) is 10.7 Å². The summed E-state index contributed by atoms with van der Waals surface area (Å²) in [6.07, 6.45) is 3.53. The maximum absolute atomic E-state index is 6.15. The molecule has 90 valence electrons. The second kappa shape index (κ2) is 4.07. The van der Waals surface area contributed by atoms with Crippen LogP contribution in [-0.2, 0) is 7.05 Å². The third kappa shape index (κ3) is 1.66. The fourth-order valence-electron chi connectivity index (χ4n) is 1.94. The third-order valence-electron chi connectivity index (χ3n) is 2.82. The van der Waals surface area contributed by atoms with Crippen molar-refractivity contribution >= 4 is 22.8 Å². The quantitative estimate of drug-likeness (QED) is 0.674. The molecule has 0 aliphatic carbocycles. The maximum Gasteiger partial charge on any atom is 0.162 e. The Balaban J connectivity index is 2.31. The molecular weight excluding hydrogens is 248 g/mol. The Bertz CT molecular complexity index is 733. The fourth-order valence-corrected chi connectivity index (χ4v) is 2.14. The Morgan fingerprint density at radius 1 is 1.28 bits per heavy atom. The molecule has 0 N–H and O–H groups in total. The number of pyridine rings is 2. The minimum Gasteiger partial charge on any atom is -0.310 e. The molecule has 0 saturated carbocycles. The molecule has 0 fully saturated rings. The van der Waals surface area contributed by atoms with Crippen LogP contribution in [-0.4, -0.2) is 19.5 Å². The summed E-state index contributed by atoms with van der Waals surface area (Å²) >= 11 is 6.15. The maximum atomic E-state index is 6.15. The van der Waals surface area contributed by atoms with E-state index in [1.54, 1.807) is 12.3 Å². The third-order valence-corrected chi connectivity index (χ3v) is 3.12. The molecule has 0 aliphatic heterocycles. The Morgan fingerprint density at radius 3 is 2.89 bits per heavy atom. The topological polar surface area (TPSA) is 43.6 Å². The highest BCUT2D eigenvalue weighted by molar-refractivity contribution is 6.32. The van der Waals surface area contributed by atoms with Crippen molar-refractivity contribution in [3.05, 3.63) is 41.2 Å². The molecule has 0 atom stereocenters. The second-order valence-corrected chi connectivity index (χ2v) is 4.59. The number of halogens is 1. The van der Waals surface area contributed by atoms with Gasteiger partial charge in [0.05, 0.1) is 5.02 Å². The SMILES string of the molecule is Cc1cnc2c(c1)nc(-c1ncccc1Cl)n2C. The zero-order valence-corrected chi connectivity index (χ0v) is 10.8. The smallest absolute Gasteiger partial charge is 0.162 e. The van der Waals surface area contributed by atoms with Crippen molar-refractivity contribution in [1.29, 1.82) is 0 Å². The minimum absolute atomic E-state index is 0.590. The first-order valence-corrected chi connectivity index (χ1v) is 5.94. The molecule has 3 rings (SSSR count). The van der Waals surface area contributed by atoms with Crippen molar-refractivity contribution < 1.29 is 0 Å². The van der Waals surface area contributed by atoms with Crippen LogP contribution in [0.4, 0.5) is 0 Å². The van der Waals surface area contributed by atoms with Gasteiger partial charge in [-0.1, -0.05) is 11.6 Å². The van der Waals surface area contributed by atoms with Gasteiger partial charge in [-0.15, -0.1) is 0 Å². The second-order valence-electron chi connectivity index (χ2n) is 4.18. The highest BCUT2D eigenvalue weighted by Gasteiger charge is 2.14. The predicted octanol–water partition coefficient (Wildman–Crippen LogP) is 2.99. The molecule has 0 radical (unpaired) electrons. The van der Waals surface area contributed by atoms with Gasteiger partial charge in [-0.2, -0.15) is 0 Å². The Morgan fingerprint density at radius 2 is 2.11 bits per heavy atom. The number of imidazole rings is 1. The molecule has 0 spiro atoms. The molecule has 0 amide bonds. The van der Waals surface area contributed by atoms with Gasteiger partial charge in [0.2, 0.25) is 0 Å². The normalized spacial score (nSPS) is 11.1. The standard InChI is InChI=1S/C13H11ClN4/c1-8-6-10-12(16-7-8)18(2)13(17-10)11-9(14)4-3-5-15-11/h3-7H,1-2H3. The number of fused-ring (bicyclic) bond motifs is 1. The zero-order valence-electron chi connectivity index (χ0n) is 10.1. The lowest BCUT2D eigenvalue weighted by Gasteiger charge is -2.02. The van der Waals surface area contributed by atoms with E-state index in [1.807, 2.05) is 36.9 Å². The van der Waals surface area contributed by atoms with E-state index in [4.69, 9.17) is 11.6 Å². The van der Waals surface area contributed by atoms with Crippen LogP contribution in [0.2, 0.25) is 5.02 Å². The van der Waals surface area contributed by atoms with Gasteiger partial charge in [-0.25, -0.2) is 9.97 Å². The zero-order chi connectivity index (χ0) is 12.7. The minimum atomic E-state index is 0.590. The number of aromatic nitrogens is 4. The first-order chi connectivity index (χ1) is 8.66. The molecule has 0 aromatic carbocycles. The van der Waals surface area contributed by atoms with Crippen molar-refractivity contribution in [2.75, 3.05) is 0 Å². The summed E-state index contributed by atoms with van der Waals surface area (Å²) in [5, 5.41) is 0.590. The van der Waals surface area contributed by atoms with Gasteiger partial charge < -0.3 is 4.57 Å². The molecule has 3 aromatic rings. The molecule has 3 heterocycles. The molecule has 0 saturated heterocycles. The molecule has 0 aliphatic rings. The number of rotatable bonds is 1. The van der Waals surface area contributed by atoms with Crippen molar-refractivity contribution in [3.63, 3.8) is 0 Å². The van der Waals surface area contributed by atoms with Crippen LogP contribution in [0, 0.1) is 6.92 Å². The van der Waals surface area contributed by atoms with Gasteiger partial charge in [-0.05, 0) is 30.7 Å². The van der Waals surface area contributed by atoms with Gasteiger partial charge in [0.25, 0.3) is 0 Å². The Labute approximate surface area is 109 Å². The lowest BCUT2D eigenvalue weighted by Crippen LogP contribution is -1.96. The number of hydrogen-bond donors (Lipinski definition) is 0. The lowest BCUT2D eigenvalue weighted by molar-refractivity contribution is 0.934. The van der Waals surface area contributed by atoms with E-state index in [0.717, 1.165) is 22.6 Å². The number of aryl methyl sites for hydroxylation is 2. The van der Waals surface area contributed by atoms with E-state index < -0.39 is 0 Å². The lowest BCUT2D eigenvalue weighted by atomic mass is 10.3. The molecule has 5 heteroatoms. The van der Waals surface area contributed by atoms with Crippen LogP contribution in [0.25, 0.3) is 22.7 Å². The summed E-state index contributed by atoms with van der Waals surface area (Å²) in [4.78, 5) is 13.2. The molecule has 3 aromatic heterocycles. The molecule has 18 heavy (non-hydrogen) atoms. The Kier molecular flexibility index (Phi) is 2.52. The first kappa shape index (κ1) is 11.2. The fraction of sp³-hybridized carbons (Fsp3) is 0.154. The van der Waals surface area contributed by atoms with Crippen LogP contribution < -0.4 is 0 Å². The average Bonchev–Trinajstić information content (AvgIpc) is 2.67. The van der Waals surface area contributed by atoms with Crippen LogP contribution in [0.1, 0.15) is 5.56 Å². The first-order valence-electron chi connectivity index (χ1n) is 5.57. The predicted molar refractivity (Wildman–Crippen MR) is 71.5 cm³/mol. The van der Waals surface area contributed by atoms with E-state index in [9.17, 15) is 0 Å². The summed E-state index contributed by atoms with van der Waals surface area (Å²) < 4.78 is 1.91. The number of hydrogen-bond acceptors (Lipinski definition) is 3. The van der Waals surface area contributed by atoms with Gasteiger partial charge in [0.1, 0.15) is 11.2 Å². The summed E-state index contributed by atoms with van der Waals surface area (Å²) in [6, 6.07) is 5.61. The van der Waals surface area contributed by atoms with Gasteiger partial charge in [0.15, 0.2) is 11.5 Å². The molecular formula is C13H11ClN4. The van der Waals surface area contributed by atoms with Gasteiger partial charge >= 0.3 is 0 Å². The average molecular weight is 259 g/mol. The molecule has 0 unspecified atom stereocenters. The van der Waals surface area contributed by atoms with Gasteiger partial charge in [-0.3, -0.25) is 4.98 Å². The monoisotopic (exact) mass is 258 g/mol. The summed E-state index contributed by atoms with van der Waals surface area (Å²) in [5.41, 5.74) is 3.45. The van der Waals surface area contributed by atoms with Crippen LogP contribution >= 0.6 is 11.6 Å². The van der Waals surface area contributed by atoms with E-state index in [2.05, 4.69) is 15.0 Å². The molecule has 4 nitrogen and oxygen atoms in total. The molecule has 0 bridgehead atoms. The van der Waals surface area contributed by atoms with Crippen LogP contribution in [0.5, 0.6) is 0 Å². The summed E-state index contributed by atoms with van der Waals surface area (Å²) in [7, 11) is 1.91. The van der Waals surface area contributed by atoms with Gasteiger partial charge in [0, 0.05) is 19.4 Å². The van der Waals surface area contributed by atoms with Crippen molar-refractivity contribution in [2.45, 2.75) is 6.92 Å². The van der Waals surface area contributed by atoms with Crippen LogP contribution in [0.15, 0.2) is 30.6 Å². The number of nitrogens with zero attached hydrogens (tertiary/aromatic N) is 4. The van der Waals surface area contributed by atoms with E-state index in [-0.39, 0.29) is 0 Å². The van der Waals surface area contributed by atoms with E-state index in [1.165, 1.54) is 0 Å². The Hall–Kier alpha value is -1.94. The highest BCUT2D eigenvalue weighted by atomic mass is 35.5. The summed E-state index contributed by atoms with van der Waals surface area (Å²) in [6.45, 7) is 1.99. The largest absolute Gasteiger partial charge is 0.310 e. The summed E-state index contributed by atoms with van der Waals surface area (Å²) in [5.74, 6) is 0.730. The highest BCUT2D eigenvalue weighted by Crippen LogP contribution is 2.26. The van der Waals surface area contributed by atoms with Crippen LogP contribution in [0.3, 0.4) is 0 Å². The van der Waals surface area contributed by atoms with Crippen molar-refractivity contribution in [3.8, 4) is 11.5 Å². The van der Waals surface area contributed by atoms with Crippen molar-refractivity contribution in [1.82, 2.24) is 19.5 Å².